The van der Waals surface area contributed by atoms with Crippen molar-refractivity contribution in [2.24, 2.45) is 5.41 Å². The lowest BCUT2D eigenvalue weighted by molar-refractivity contribution is -0.0745. The number of aromatic nitrogens is 4. The highest BCUT2D eigenvalue weighted by molar-refractivity contribution is 7.48. The van der Waals surface area contributed by atoms with Crippen molar-refractivity contribution in [3.63, 3.8) is 0 Å². The van der Waals surface area contributed by atoms with Crippen molar-refractivity contribution in [3.8, 4) is 11.9 Å². The molecule has 3 aliphatic rings. The summed E-state index contributed by atoms with van der Waals surface area (Å²) in [6, 6.07) is 2.29. The molecule has 0 radical (unpaired) electrons. The molecular formula is C19H25N6O6P. The van der Waals surface area contributed by atoms with Crippen molar-refractivity contribution in [1.29, 1.82) is 5.26 Å². The van der Waals surface area contributed by atoms with Gasteiger partial charge in [0.25, 0.3) is 0 Å². The van der Waals surface area contributed by atoms with Crippen LogP contribution in [0.3, 0.4) is 0 Å². The van der Waals surface area contributed by atoms with Crippen molar-refractivity contribution < 1.29 is 27.6 Å². The molecule has 2 aliphatic heterocycles. The minimum atomic E-state index is -3.82. The Hall–Kier alpha value is -2.29. The standard InChI is InChI=1S/C19H25N6O6P/c1-3-27-16-13-15(23-18(21)24-16)25(10-22-13)17-19(2,9-20)14-12(29-17)8-28-32(26,31-14)30-11-6-4-5-7-11/h10-12,14,17H,3-8H2,1-2H3,(H2,21,23,24). The molecule has 2 aromatic heterocycles. The molecule has 0 amide bonds. The van der Waals surface area contributed by atoms with E-state index in [9.17, 15) is 9.83 Å². The van der Waals surface area contributed by atoms with Crippen LogP contribution in [0, 0.1) is 16.7 Å². The van der Waals surface area contributed by atoms with Gasteiger partial charge in [0.1, 0.15) is 17.6 Å². The minimum absolute atomic E-state index is 0.00539. The second-order valence-corrected chi connectivity index (χ2v) is 9.92. The van der Waals surface area contributed by atoms with Gasteiger partial charge in [-0.05, 0) is 26.7 Å². The van der Waals surface area contributed by atoms with Crippen molar-refractivity contribution in [1.82, 2.24) is 19.5 Å². The summed E-state index contributed by atoms with van der Waals surface area (Å²) in [6.07, 6.45) is 2.67. The molecule has 2 saturated heterocycles. The van der Waals surface area contributed by atoms with Crippen molar-refractivity contribution in [2.75, 3.05) is 18.9 Å². The Bertz CT molecular complexity index is 1110. The van der Waals surface area contributed by atoms with Gasteiger partial charge in [0, 0.05) is 0 Å². The van der Waals surface area contributed by atoms with Gasteiger partial charge >= 0.3 is 7.82 Å². The highest BCUT2D eigenvalue weighted by atomic mass is 31.2. The molecule has 2 N–H and O–H groups in total. The van der Waals surface area contributed by atoms with Gasteiger partial charge in [0.2, 0.25) is 11.8 Å². The second-order valence-electron chi connectivity index (χ2n) is 8.35. The van der Waals surface area contributed by atoms with Gasteiger partial charge in [-0.15, -0.1) is 0 Å². The number of nitrogen functional groups attached to an aromatic ring is 1. The number of anilines is 1. The molecule has 2 aromatic rings. The average Bonchev–Trinajstić information content (AvgIpc) is 3.47. The molecule has 1 aliphatic carbocycles. The number of nitriles is 1. The van der Waals surface area contributed by atoms with Crippen LogP contribution >= 0.6 is 7.82 Å². The summed E-state index contributed by atoms with van der Waals surface area (Å²) >= 11 is 0. The maximum atomic E-state index is 13.2. The molecule has 13 heteroatoms. The fourth-order valence-electron chi connectivity index (χ4n) is 4.56. The predicted molar refractivity (Wildman–Crippen MR) is 110 cm³/mol. The monoisotopic (exact) mass is 464 g/mol. The molecule has 5 rings (SSSR count). The Labute approximate surface area is 184 Å². The van der Waals surface area contributed by atoms with Crippen molar-refractivity contribution >= 4 is 24.9 Å². The van der Waals surface area contributed by atoms with Crippen LogP contribution in [0.25, 0.3) is 11.2 Å². The molecule has 5 atom stereocenters. The van der Waals surface area contributed by atoms with E-state index in [-0.39, 0.29) is 24.5 Å². The highest BCUT2D eigenvalue weighted by Crippen LogP contribution is 2.62. The second kappa shape index (κ2) is 7.93. The zero-order valence-corrected chi connectivity index (χ0v) is 18.7. The lowest BCUT2D eigenvalue weighted by Gasteiger charge is -2.35. The molecule has 0 spiro atoms. The minimum Gasteiger partial charge on any atom is -0.476 e. The Morgan fingerprint density at radius 1 is 1.41 bits per heavy atom. The lowest BCUT2D eigenvalue weighted by Crippen LogP contribution is -2.42. The Balaban J connectivity index is 1.48. The summed E-state index contributed by atoms with van der Waals surface area (Å²) < 4.78 is 43.5. The van der Waals surface area contributed by atoms with Crippen LogP contribution in [-0.4, -0.2) is 51.0 Å². The molecule has 4 heterocycles. The fraction of sp³-hybridized carbons (Fsp3) is 0.684. The SMILES string of the molecule is CCOc1nc(N)nc2c1ncn2C1OC2COP(=O)(OC3CCCC3)OC2C1(C)C#N. The number of rotatable bonds is 5. The van der Waals surface area contributed by atoms with Gasteiger partial charge in [0.15, 0.2) is 17.4 Å². The van der Waals surface area contributed by atoms with E-state index in [1.54, 1.807) is 11.5 Å². The van der Waals surface area contributed by atoms with Crippen molar-refractivity contribution in [2.45, 2.75) is 64.1 Å². The highest BCUT2D eigenvalue weighted by Gasteiger charge is 2.61. The predicted octanol–water partition coefficient (Wildman–Crippen LogP) is 2.72. The summed E-state index contributed by atoms with van der Waals surface area (Å²) in [6.45, 7) is 3.87. The van der Waals surface area contributed by atoms with E-state index in [1.165, 1.54) is 6.33 Å². The van der Waals surface area contributed by atoms with E-state index in [1.807, 2.05) is 6.92 Å². The van der Waals surface area contributed by atoms with Crippen LogP contribution in [0.4, 0.5) is 5.95 Å². The van der Waals surface area contributed by atoms with Crippen LogP contribution in [-0.2, 0) is 22.9 Å². The first-order chi connectivity index (χ1) is 15.4. The van der Waals surface area contributed by atoms with E-state index >= 15 is 0 Å². The van der Waals surface area contributed by atoms with E-state index < -0.39 is 31.7 Å². The van der Waals surface area contributed by atoms with Gasteiger partial charge in [-0.2, -0.15) is 15.2 Å². The normalized spacial score (nSPS) is 35.1. The van der Waals surface area contributed by atoms with Gasteiger partial charge in [0.05, 0.1) is 31.7 Å². The van der Waals surface area contributed by atoms with E-state index in [2.05, 4.69) is 21.0 Å². The number of hydrogen-bond acceptors (Lipinski definition) is 11. The number of imidazole rings is 1. The third-order valence-electron chi connectivity index (χ3n) is 6.15. The third-order valence-corrected chi connectivity index (χ3v) is 7.65. The Kier molecular flexibility index (Phi) is 5.34. The van der Waals surface area contributed by atoms with Crippen LogP contribution in [0.2, 0.25) is 0 Å². The zero-order valence-electron chi connectivity index (χ0n) is 17.8. The molecule has 1 saturated carbocycles. The summed E-state index contributed by atoms with van der Waals surface area (Å²) in [7, 11) is -3.82. The topological polar surface area (TPSA) is 157 Å². The van der Waals surface area contributed by atoms with Crippen molar-refractivity contribution in [3.05, 3.63) is 6.33 Å². The smallest absolute Gasteiger partial charge is 0.475 e. The van der Waals surface area contributed by atoms with Gasteiger partial charge in [-0.3, -0.25) is 18.1 Å². The van der Waals surface area contributed by atoms with Crippen LogP contribution in [0.5, 0.6) is 5.88 Å². The van der Waals surface area contributed by atoms with Gasteiger partial charge in [-0.25, -0.2) is 9.55 Å². The van der Waals surface area contributed by atoms with Gasteiger partial charge in [-0.1, -0.05) is 12.8 Å². The number of ether oxygens (including phenoxy) is 2. The molecule has 172 valence electrons. The Morgan fingerprint density at radius 3 is 2.91 bits per heavy atom. The molecule has 0 aromatic carbocycles. The molecule has 0 bridgehead atoms. The third kappa shape index (κ3) is 3.45. The maximum Gasteiger partial charge on any atom is 0.475 e. The van der Waals surface area contributed by atoms with E-state index in [4.69, 9.17) is 28.8 Å². The average molecular weight is 464 g/mol. The zero-order chi connectivity index (χ0) is 22.5. The summed E-state index contributed by atoms with van der Waals surface area (Å²) in [5.41, 5.74) is 5.39. The number of phosphoric acid groups is 1. The first-order valence-electron chi connectivity index (χ1n) is 10.7. The molecule has 5 unspecified atom stereocenters. The number of phosphoric ester groups is 1. The van der Waals surface area contributed by atoms with E-state index in [0.717, 1.165) is 25.7 Å². The first-order valence-corrected chi connectivity index (χ1v) is 12.1. The summed E-state index contributed by atoms with van der Waals surface area (Å²) in [5, 5.41) is 10.2. The lowest BCUT2D eigenvalue weighted by atomic mass is 9.84. The number of hydrogen-bond donors (Lipinski definition) is 1. The molecule has 12 nitrogen and oxygen atoms in total. The molecular weight excluding hydrogens is 439 g/mol. The van der Waals surface area contributed by atoms with Gasteiger partial charge < -0.3 is 15.2 Å². The quantitative estimate of drug-likeness (QED) is 0.649. The Morgan fingerprint density at radius 2 is 2.19 bits per heavy atom. The number of nitrogens with zero attached hydrogens (tertiary/aromatic N) is 5. The van der Waals surface area contributed by atoms with E-state index in [0.29, 0.717) is 17.8 Å². The van der Waals surface area contributed by atoms with Crippen LogP contribution < -0.4 is 10.5 Å². The summed E-state index contributed by atoms with van der Waals surface area (Å²) in [4.78, 5) is 12.7. The largest absolute Gasteiger partial charge is 0.476 e. The summed E-state index contributed by atoms with van der Waals surface area (Å²) in [5.74, 6) is 0.252. The maximum absolute atomic E-state index is 13.2. The fourth-order valence-corrected chi connectivity index (χ4v) is 6.27. The molecule has 3 fully saturated rings. The number of fused-ring (bicyclic) bond motifs is 2. The first kappa shape index (κ1) is 21.6. The number of nitrogens with two attached hydrogens (primary N) is 1. The van der Waals surface area contributed by atoms with Crippen LogP contribution in [0.15, 0.2) is 6.33 Å². The molecule has 32 heavy (non-hydrogen) atoms. The van der Waals surface area contributed by atoms with Crippen LogP contribution in [0.1, 0.15) is 45.8 Å².